The molecule has 2 amide bonds. The topological polar surface area (TPSA) is 109 Å². The molecule has 1 atom stereocenters. The second kappa shape index (κ2) is 6.73. The van der Waals surface area contributed by atoms with Gasteiger partial charge in [-0.05, 0) is 18.6 Å². The van der Waals surface area contributed by atoms with Gasteiger partial charge in [-0.15, -0.1) is 0 Å². The first-order chi connectivity index (χ1) is 9.73. The normalized spacial score (nSPS) is 11.8. The smallest absolute Gasteiger partial charge is 0.326 e. The summed E-state index contributed by atoms with van der Waals surface area (Å²) < 4.78 is 39.1. The molecule has 1 aromatic rings. The van der Waals surface area contributed by atoms with E-state index in [1.807, 2.05) is 5.32 Å². The van der Waals surface area contributed by atoms with Gasteiger partial charge in [-0.25, -0.2) is 18.0 Å². The molecule has 0 aliphatic heterocycles. The number of rotatable bonds is 6. The highest BCUT2D eigenvalue weighted by Gasteiger charge is 2.24. The highest BCUT2D eigenvalue weighted by atomic mass is 19.2. The fraction of sp³-hybridized carbons (Fsp3) is 0.250. The highest BCUT2D eigenvalue weighted by molar-refractivity contribution is 5.96. The van der Waals surface area contributed by atoms with Crippen LogP contribution in [0.15, 0.2) is 12.1 Å². The summed E-state index contributed by atoms with van der Waals surface area (Å²) in [5, 5.41) is 10.8. The van der Waals surface area contributed by atoms with E-state index in [0.717, 1.165) is 0 Å². The standard InChI is InChI=1S/C12H11F3N2O4/c13-6-2-1-5(9(14)10(6)15)11(19)17-7(12(20)21)3-4-8(16)18/h1-2,7H,3-4H2,(H2,16,18)(H,17,19)(H,20,21)/t7-/m0/s1. The van der Waals surface area contributed by atoms with Crippen molar-refractivity contribution >= 4 is 17.8 Å². The molecule has 114 valence electrons. The molecular formula is C12H11F3N2O4. The zero-order valence-electron chi connectivity index (χ0n) is 10.5. The lowest BCUT2D eigenvalue weighted by molar-refractivity contribution is -0.139. The van der Waals surface area contributed by atoms with E-state index in [1.54, 1.807) is 0 Å². The van der Waals surface area contributed by atoms with Crippen LogP contribution in [-0.2, 0) is 9.59 Å². The van der Waals surface area contributed by atoms with Crippen LogP contribution in [0, 0.1) is 17.5 Å². The van der Waals surface area contributed by atoms with Crippen LogP contribution in [0.3, 0.4) is 0 Å². The minimum atomic E-state index is -1.84. The summed E-state index contributed by atoms with van der Waals surface area (Å²) in [5.41, 5.74) is 4.00. The maximum absolute atomic E-state index is 13.4. The monoisotopic (exact) mass is 304 g/mol. The molecular weight excluding hydrogens is 293 g/mol. The number of nitrogens with two attached hydrogens (primary N) is 1. The largest absolute Gasteiger partial charge is 0.480 e. The first-order valence-electron chi connectivity index (χ1n) is 5.69. The van der Waals surface area contributed by atoms with Crippen LogP contribution in [0.25, 0.3) is 0 Å². The van der Waals surface area contributed by atoms with Crippen LogP contribution in [0.1, 0.15) is 23.2 Å². The van der Waals surface area contributed by atoms with Gasteiger partial charge < -0.3 is 16.2 Å². The molecule has 0 radical (unpaired) electrons. The van der Waals surface area contributed by atoms with Gasteiger partial charge in [0.05, 0.1) is 5.56 Å². The Bertz CT molecular complexity index is 592. The number of hydrogen-bond acceptors (Lipinski definition) is 3. The molecule has 0 fully saturated rings. The van der Waals surface area contributed by atoms with E-state index in [1.165, 1.54) is 0 Å². The van der Waals surface area contributed by atoms with Crippen LogP contribution in [-0.4, -0.2) is 28.9 Å². The van der Waals surface area contributed by atoms with Gasteiger partial charge in [-0.1, -0.05) is 0 Å². The van der Waals surface area contributed by atoms with Crippen molar-refractivity contribution < 1.29 is 32.7 Å². The Kier molecular flexibility index (Phi) is 5.28. The number of halogens is 3. The zero-order valence-corrected chi connectivity index (χ0v) is 10.5. The fourth-order valence-corrected chi connectivity index (χ4v) is 1.48. The molecule has 0 bridgehead atoms. The second-order valence-electron chi connectivity index (χ2n) is 4.09. The first-order valence-corrected chi connectivity index (χ1v) is 5.69. The molecule has 0 aromatic heterocycles. The molecule has 0 spiro atoms. The molecule has 0 saturated heterocycles. The van der Waals surface area contributed by atoms with Crippen molar-refractivity contribution in [1.29, 1.82) is 0 Å². The predicted molar refractivity (Wildman–Crippen MR) is 63.6 cm³/mol. The molecule has 0 heterocycles. The predicted octanol–water partition coefficient (Wildman–Crippen LogP) is 0.552. The number of benzene rings is 1. The van der Waals surface area contributed by atoms with Gasteiger partial charge in [0.25, 0.3) is 5.91 Å². The lowest BCUT2D eigenvalue weighted by Gasteiger charge is -2.14. The molecule has 21 heavy (non-hydrogen) atoms. The van der Waals surface area contributed by atoms with Gasteiger partial charge in [0.15, 0.2) is 17.5 Å². The molecule has 4 N–H and O–H groups in total. The number of carbonyl (C=O) groups excluding carboxylic acids is 2. The van der Waals surface area contributed by atoms with E-state index in [9.17, 15) is 27.6 Å². The van der Waals surface area contributed by atoms with Gasteiger partial charge in [0.2, 0.25) is 5.91 Å². The molecule has 0 unspecified atom stereocenters. The summed E-state index contributed by atoms with van der Waals surface area (Å²) in [5.74, 6) is -8.56. The third-order valence-electron chi connectivity index (χ3n) is 2.56. The van der Waals surface area contributed by atoms with E-state index in [2.05, 4.69) is 0 Å². The van der Waals surface area contributed by atoms with Crippen LogP contribution < -0.4 is 11.1 Å². The summed E-state index contributed by atoms with van der Waals surface area (Å²) in [6.07, 6.45) is -0.640. The maximum Gasteiger partial charge on any atom is 0.326 e. The van der Waals surface area contributed by atoms with Crippen LogP contribution in [0.2, 0.25) is 0 Å². The molecule has 0 aliphatic carbocycles. The Morgan fingerprint density at radius 3 is 2.33 bits per heavy atom. The van der Waals surface area contributed by atoms with Crippen molar-refractivity contribution in [2.24, 2.45) is 5.73 Å². The van der Waals surface area contributed by atoms with Crippen LogP contribution in [0.4, 0.5) is 13.2 Å². The van der Waals surface area contributed by atoms with Gasteiger partial charge in [-0.3, -0.25) is 9.59 Å². The Labute approximate surface area is 116 Å². The number of primary amides is 1. The van der Waals surface area contributed by atoms with Crippen molar-refractivity contribution in [2.75, 3.05) is 0 Å². The molecule has 6 nitrogen and oxygen atoms in total. The van der Waals surface area contributed by atoms with E-state index < -0.39 is 46.8 Å². The lowest BCUT2D eigenvalue weighted by Crippen LogP contribution is -2.41. The number of carbonyl (C=O) groups is 3. The molecule has 1 aromatic carbocycles. The quantitative estimate of drug-likeness (QED) is 0.667. The van der Waals surface area contributed by atoms with Gasteiger partial charge >= 0.3 is 5.97 Å². The van der Waals surface area contributed by atoms with Gasteiger partial charge in [0, 0.05) is 6.42 Å². The molecule has 1 rings (SSSR count). The number of carboxylic acid groups (broad SMARTS) is 1. The average Bonchev–Trinajstić information content (AvgIpc) is 2.40. The van der Waals surface area contributed by atoms with Crippen molar-refractivity contribution in [3.8, 4) is 0 Å². The van der Waals surface area contributed by atoms with Crippen molar-refractivity contribution in [3.63, 3.8) is 0 Å². The van der Waals surface area contributed by atoms with E-state index >= 15 is 0 Å². The minimum Gasteiger partial charge on any atom is -0.480 e. The lowest BCUT2D eigenvalue weighted by atomic mass is 10.1. The number of hydrogen-bond donors (Lipinski definition) is 3. The third kappa shape index (κ3) is 4.20. The Morgan fingerprint density at radius 2 is 1.81 bits per heavy atom. The third-order valence-corrected chi connectivity index (χ3v) is 2.56. The molecule has 9 heteroatoms. The average molecular weight is 304 g/mol. The molecule has 0 saturated carbocycles. The SMILES string of the molecule is NC(=O)CC[C@H](NC(=O)c1ccc(F)c(F)c1F)C(=O)O. The summed E-state index contributed by atoms with van der Waals surface area (Å²) in [4.78, 5) is 33.1. The minimum absolute atomic E-state index is 0.318. The Balaban J connectivity index is 2.90. The second-order valence-corrected chi connectivity index (χ2v) is 4.09. The van der Waals surface area contributed by atoms with E-state index in [4.69, 9.17) is 10.8 Å². The highest BCUT2D eigenvalue weighted by Crippen LogP contribution is 2.15. The van der Waals surface area contributed by atoms with E-state index in [0.29, 0.717) is 12.1 Å². The number of amides is 2. The number of carboxylic acids is 1. The summed E-state index contributed by atoms with van der Waals surface area (Å²) in [7, 11) is 0. The fourth-order valence-electron chi connectivity index (χ4n) is 1.48. The molecule has 0 aliphatic rings. The Morgan fingerprint density at radius 1 is 1.19 bits per heavy atom. The van der Waals surface area contributed by atoms with Crippen molar-refractivity contribution in [1.82, 2.24) is 5.32 Å². The van der Waals surface area contributed by atoms with E-state index in [-0.39, 0.29) is 12.8 Å². The summed E-state index contributed by atoms with van der Waals surface area (Å²) >= 11 is 0. The number of nitrogens with one attached hydrogen (secondary N) is 1. The van der Waals surface area contributed by atoms with Crippen molar-refractivity contribution in [3.05, 3.63) is 35.1 Å². The Hall–Kier alpha value is -2.58. The first kappa shape index (κ1) is 16.5. The summed E-state index contributed by atoms with van der Waals surface area (Å²) in [6, 6.07) is -0.305. The van der Waals surface area contributed by atoms with Gasteiger partial charge in [-0.2, -0.15) is 0 Å². The maximum atomic E-state index is 13.4. The van der Waals surface area contributed by atoms with Crippen molar-refractivity contribution in [2.45, 2.75) is 18.9 Å². The summed E-state index contributed by atoms with van der Waals surface area (Å²) in [6.45, 7) is 0. The van der Waals surface area contributed by atoms with Crippen LogP contribution in [0.5, 0.6) is 0 Å². The van der Waals surface area contributed by atoms with Crippen LogP contribution >= 0.6 is 0 Å². The van der Waals surface area contributed by atoms with Gasteiger partial charge in [0.1, 0.15) is 6.04 Å². The zero-order chi connectivity index (χ0) is 16.2. The number of aliphatic carboxylic acids is 1.